The van der Waals surface area contributed by atoms with Crippen molar-refractivity contribution in [2.75, 3.05) is 38.5 Å². The Labute approximate surface area is 230 Å². The Morgan fingerprint density at radius 2 is 1.90 bits per heavy atom. The lowest BCUT2D eigenvalue weighted by Crippen LogP contribution is -2.65. The molecule has 7 rings (SSSR count). The number of likely N-dealkylation sites (tertiary alicyclic amines) is 1. The average molecular weight is 529 g/mol. The van der Waals surface area contributed by atoms with E-state index in [9.17, 15) is 5.11 Å². The van der Waals surface area contributed by atoms with E-state index in [4.69, 9.17) is 16.5 Å². The number of aromatic hydroxyl groups is 1. The van der Waals surface area contributed by atoms with Gasteiger partial charge in [-0.25, -0.2) is 0 Å². The summed E-state index contributed by atoms with van der Waals surface area (Å²) in [4.78, 5) is 13.4. The van der Waals surface area contributed by atoms with Gasteiger partial charge in [0, 0.05) is 73.6 Å². The highest BCUT2D eigenvalue weighted by atomic mass is 16.3. The summed E-state index contributed by atoms with van der Waals surface area (Å²) >= 11 is 0. The number of rotatable bonds is 5. The summed E-state index contributed by atoms with van der Waals surface area (Å²) in [5.74, 6) is 1.35. The fourth-order valence-corrected chi connectivity index (χ4v) is 7.28. The van der Waals surface area contributed by atoms with Crippen molar-refractivity contribution in [1.29, 1.82) is 0 Å². The number of anilines is 1. The van der Waals surface area contributed by atoms with Gasteiger partial charge in [0.2, 0.25) is 0 Å². The molecule has 2 aromatic rings. The maximum absolute atomic E-state index is 10.2. The molecule has 1 atom stereocenters. The number of hydrogen-bond donors (Lipinski definition) is 6. The molecule has 1 aromatic heterocycles. The zero-order chi connectivity index (χ0) is 26.6. The van der Waals surface area contributed by atoms with Crippen LogP contribution in [0.2, 0.25) is 0 Å². The number of H-pyrrole nitrogens is 1. The highest BCUT2D eigenvalue weighted by Gasteiger charge is 2.50. The molecule has 8 N–H and O–H groups in total. The van der Waals surface area contributed by atoms with Crippen molar-refractivity contribution in [2.45, 2.75) is 51.0 Å². The molecular formula is C30H40N8O. The molecule has 1 aliphatic carbocycles. The van der Waals surface area contributed by atoms with Gasteiger partial charge >= 0.3 is 0 Å². The van der Waals surface area contributed by atoms with Crippen molar-refractivity contribution in [3.05, 3.63) is 58.4 Å². The molecule has 1 unspecified atom stereocenters. The molecule has 1 aromatic carbocycles. The second-order valence-corrected chi connectivity index (χ2v) is 12.2. The number of aromatic amines is 1. The number of para-hydroxylation sites is 1. The molecule has 3 fully saturated rings. The topological polar surface area (TPSA) is 131 Å². The molecule has 1 spiro atoms. The molecule has 0 radical (unpaired) electrons. The van der Waals surface area contributed by atoms with Crippen LogP contribution >= 0.6 is 0 Å². The van der Waals surface area contributed by atoms with Crippen molar-refractivity contribution in [2.24, 2.45) is 22.1 Å². The van der Waals surface area contributed by atoms with Gasteiger partial charge in [0.15, 0.2) is 6.29 Å². The number of aromatic nitrogens is 1. The Balaban J connectivity index is 0.972. The third kappa shape index (κ3) is 4.52. The van der Waals surface area contributed by atoms with Crippen LogP contribution in [-0.4, -0.2) is 71.2 Å². The first-order valence-electron chi connectivity index (χ1n) is 14.4. The Morgan fingerprint density at radius 1 is 1.10 bits per heavy atom. The minimum atomic E-state index is -0.0901. The lowest BCUT2D eigenvalue weighted by Gasteiger charge is -2.58. The number of nitrogens with one attached hydrogen (secondary N) is 3. The van der Waals surface area contributed by atoms with E-state index in [1.807, 2.05) is 18.2 Å². The Hall–Kier alpha value is -3.27. The monoisotopic (exact) mass is 528 g/mol. The first kappa shape index (κ1) is 24.7. The van der Waals surface area contributed by atoms with Gasteiger partial charge in [0.1, 0.15) is 11.6 Å². The van der Waals surface area contributed by atoms with Gasteiger partial charge in [-0.2, -0.15) is 0 Å². The van der Waals surface area contributed by atoms with Crippen molar-refractivity contribution in [1.82, 2.24) is 25.4 Å². The number of nitrogens with zero attached hydrogens (tertiary/aromatic N) is 3. The molecule has 1 saturated carbocycles. The smallest absolute Gasteiger partial charge is 0.176 e. The number of nitrogens with two attached hydrogens (primary N) is 2. The molecule has 0 amide bonds. The number of benzene rings is 1. The average Bonchev–Trinajstić information content (AvgIpc) is 3.22. The van der Waals surface area contributed by atoms with Crippen LogP contribution in [0.5, 0.6) is 5.75 Å². The minimum Gasteiger partial charge on any atom is -0.507 e. The maximum Gasteiger partial charge on any atom is 0.176 e. The number of allylic oxidation sites excluding steroid dienone is 1. The fraction of sp³-hybridized carbons (Fsp3) is 0.500. The van der Waals surface area contributed by atoms with Gasteiger partial charge in [-0.1, -0.05) is 12.1 Å². The van der Waals surface area contributed by atoms with E-state index in [2.05, 4.69) is 37.8 Å². The van der Waals surface area contributed by atoms with Crippen molar-refractivity contribution < 1.29 is 5.11 Å². The highest BCUT2D eigenvalue weighted by Crippen LogP contribution is 2.47. The third-order valence-electron chi connectivity index (χ3n) is 9.75. The van der Waals surface area contributed by atoms with E-state index in [1.165, 1.54) is 57.4 Å². The zero-order valence-electron chi connectivity index (χ0n) is 22.5. The predicted octanol–water partition coefficient (Wildman–Crippen LogP) is 2.42. The standard InChI is InChI=1S/C30H40N8O/c31-25(22-3-1-2-4-27(22)39)11-23-24-16-38(10-7-26(24)36-28(23)32)29-34-14-20(15-35-29)19-5-8-37(9-6-19)21-12-30(13-21)17-33-18-30/h1-4,11,14-15,19,21,29,33-34,36,39H,5-10,12-13,16-18,31-32H2/b25-11-. The number of hydrogen-bond acceptors (Lipinski definition) is 8. The minimum absolute atomic E-state index is 0.0901. The van der Waals surface area contributed by atoms with Crippen LogP contribution in [0, 0.1) is 11.3 Å². The van der Waals surface area contributed by atoms with Gasteiger partial charge in [-0.05, 0) is 79.5 Å². The molecule has 39 heavy (non-hydrogen) atoms. The van der Waals surface area contributed by atoms with Gasteiger partial charge in [0.25, 0.3) is 0 Å². The van der Waals surface area contributed by atoms with Crippen LogP contribution in [0.25, 0.3) is 11.8 Å². The summed E-state index contributed by atoms with van der Waals surface area (Å²) in [6.45, 7) is 6.49. The van der Waals surface area contributed by atoms with E-state index in [0.29, 0.717) is 28.4 Å². The number of fused-ring (bicyclic) bond motifs is 1. The first-order chi connectivity index (χ1) is 19.0. The summed E-state index contributed by atoms with van der Waals surface area (Å²) < 4.78 is 0. The van der Waals surface area contributed by atoms with Crippen molar-refractivity contribution in [3.63, 3.8) is 0 Å². The molecule has 4 aliphatic heterocycles. The summed E-state index contributed by atoms with van der Waals surface area (Å²) in [5.41, 5.74) is 19.0. The number of piperidine rings is 1. The van der Waals surface area contributed by atoms with Crippen LogP contribution in [0.3, 0.4) is 0 Å². The Kier molecular flexibility index (Phi) is 6.17. The summed E-state index contributed by atoms with van der Waals surface area (Å²) in [6.07, 6.45) is 12.2. The van der Waals surface area contributed by atoms with E-state index < -0.39 is 0 Å². The van der Waals surface area contributed by atoms with Crippen LogP contribution in [0.4, 0.5) is 5.82 Å². The van der Waals surface area contributed by atoms with E-state index in [0.717, 1.165) is 42.4 Å². The van der Waals surface area contributed by atoms with Crippen LogP contribution < -0.4 is 22.1 Å². The van der Waals surface area contributed by atoms with E-state index >= 15 is 0 Å². The second kappa shape index (κ2) is 9.73. The van der Waals surface area contributed by atoms with Crippen molar-refractivity contribution in [3.8, 4) is 5.75 Å². The molecule has 5 heterocycles. The van der Waals surface area contributed by atoms with E-state index in [-0.39, 0.29) is 12.0 Å². The fourth-order valence-electron chi connectivity index (χ4n) is 7.28. The lowest BCUT2D eigenvalue weighted by atomic mass is 9.61. The van der Waals surface area contributed by atoms with Gasteiger partial charge in [0.05, 0.1) is 0 Å². The van der Waals surface area contributed by atoms with Gasteiger partial charge in [-0.3, -0.25) is 9.89 Å². The summed E-state index contributed by atoms with van der Waals surface area (Å²) in [7, 11) is 0. The van der Waals surface area contributed by atoms with Crippen LogP contribution in [0.1, 0.15) is 48.1 Å². The molecule has 9 nitrogen and oxygen atoms in total. The molecule has 0 bridgehead atoms. The normalized spacial score (nSPS) is 26.0. The van der Waals surface area contributed by atoms with Crippen LogP contribution in [0.15, 0.2) is 41.0 Å². The van der Waals surface area contributed by atoms with Gasteiger partial charge in [-0.15, -0.1) is 0 Å². The quantitative estimate of drug-likeness (QED) is 0.351. The SMILES string of the molecule is N/C(=C\c1c(N)[nH]c2c1CN(C1N=CC(C3CCN(C4CC5(CNC5)C4)CC3)=CN1)CC2)c1ccccc1O. The Bertz CT molecular complexity index is 1320. The van der Waals surface area contributed by atoms with E-state index in [1.54, 1.807) is 12.1 Å². The van der Waals surface area contributed by atoms with Crippen molar-refractivity contribution >= 4 is 23.8 Å². The summed E-state index contributed by atoms with van der Waals surface area (Å²) in [5, 5.41) is 17.3. The molecule has 9 heteroatoms. The molecule has 5 aliphatic rings. The number of phenols is 1. The van der Waals surface area contributed by atoms with Gasteiger partial charge < -0.3 is 37.1 Å². The lowest BCUT2D eigenvalue weighted by molar-refractivity contribution is -0.0446. The third-order valence-corrected chi connectivity index (χ3v) is 9.75. The zero-order valence-corrected chi connectivity index (χ0v) is 22.5. The predicted molar refractivity (Wildman–Crippen MR) is 156 cm³/mol. The largest absolute Gasteiger partial charge is 0.507 e. The Morgan fingerprint density at radius 3 is 2.59 bits per heavy atom. The first-order valence-corrected chi connectivity index (χ1v) is 14.4. The number of aliphatic imine (C=N–C) groups is 1. The van der Waals surface area contributed by atoms with Crippen LogP contribution in [-0.2, 0) is 13.0 Å². The molecule has 206 valence electrons. The summed E-state index contributed by atoms with van der Waals surface area (Å²) in [6, 6.07) is 7.91. The molecular weight excluding hydrogens is 488 g/mol. The second-order valence-electron chi connectivity index (χ2n) is 12.2. The molecule has 2 saturated heterocycles. The highest BCUT2D eigenvalue weighted by molar-refractivity contribution is 5.86. The number of phenolic OH excluding ortho intramolecular Hbond substituents is 1. The number of nitrogen functional groups attached to an aromatic ring is 1. The maximum atomic E-state index is 10.2.